The van der Waals surface area contributed by atoms with Gasteiger partial charge in [0.25, 0.3) is 11.6 Å². The van der Waals surface area contributed by atoms with Gasteiger partial charge in [0.15, 0.2) is 5.58 Å². The maximum atomic E-state index is 12.5. The Balaban J connectivity index is 1.60. The third-order valence-corrected chi connectivity index (χ3v) is 5.01. The van der Waals surface area contributed by atoms with E-state index in [4.69, 9.17) is 27.6 Å². The van der Waals surface area contributed by atoms with E-state index in [0.717, 1.165) is 0 Å². The van der Waals surface area contributed by atoms with Gasteiger partial charge in [-0.3, -0.25) is 14.9 Å². The summed E-state index contributed by atoms with van der Waals surface area (Å²) in [6, 6.07) is 14.2. The van der Waals surface area contributed by atoms with Crippen molar-refractivity contribution in [1.82, 2.24) is 4.98 Å². The van der Waals surface area contributed by atoms with Crippen LogP contribution in [0.25, 0.3) is 22.6 Å². The van der Waals surface area contributed by atoms with E-state index < -0.39 is 10.8 Å². The quantitative estimate of drug-likeness (QED) is 0.297. The average Bonchev–Trinajstić information content (AvgIpc) is 3.10. The fourth-order valence-electron chi connectivity index (χ4n) is 2.99. The van der Waals surface area contributed by atoms with Crippen molar-refractivity contribution in [3.8, 4) is 11.5 Å². The highest BCUT2D eigenvalue weighted by molar-refractivity contribution is 6.36. The first-order valence-electron chi connectivity index (χ1n) is 8.74. The Morgan fingerprint density at radius 3 is 2.60 bits per heavy atom. The number of nitro groups is 1. The third-order valence-electron chi connectivity index (χ3n) is 4.46. The molecule has 3 aromatic carbocycles. The highest BCUT2D eigenvalue weighted by Crippen LogP contribution is 2.32. The van der Waals surface area contributed by atoms with Gasteiger partial charge in [0, 0.05) is 27.9 Å². The van der Waals surface area contributed by atoms with Crippen molar-refractivity contribution in [2.75, 3.05) is 5.32 Å². The smallest absolute Gasteiger partial charge is 0.272 e. The number of aryl methyl sites for hydroxylation is 1. The summed E-state index contributed by atoms with van der Waals surface area (Å²) in [5.74, 6) is -0.0575. The number of fused-ring (bicyclic) bond motifs is 1. The van der Waals surface area contributed by atoms with Gasteiger partial charge in [-0.25, -0.2) is 4.98 Å². The predicted octanol–water partition coefficient (Wildman–Crippen LogP) is 6.27. The molecule has 1 amide bonds. The Bertz CT molecular complexity index is 1320. The van der Waals surface area contributed by atoms with Gasteiger partial charge in [-0.05, 0) is 55.5 Å². The molecular formula is C21H13Cl2N3O4. The molecule has 1 N–H and O–H groups in total. The van der Waals surface area contributed by atoms with Crippen LogP contribution in [0.3, 0.4) is 0 Å². The SMILES string of the molecule is Cc1cc(C(=O)Nc2ccc3oc(-c4ccc(Cl)cc4Cl)nc3c2)ccc1[N+](=O)[O-]. The standard InChI is InChI=1S/C21H13Cl2N3O4/c1-11-8-12(2-6-18(11)26(28)29)20(27)24-14-4-7-19-17(10-14)25-21(30-19)15-5-3-13(22)9-16(15)23/h2-10H,1H3,(H,24,27). The molecule has 0 bridgehead atoms. The summed E-state index contributed by atoms with van der Waals surface area (Å²) in [5.41, 5.74) is 2.85. The normalized spacial score (nSPS) is 10.9. The number of anilines is 1. The van der Waals surface area contributed by atoms with E-state index in [1.807, 2.05) is 0 Å². The van der Waals surface area contributed by atoms with Crippen LogP contribution in [-0.4, -0.2) is 15.8 Å². The summed E-state index contributed by atoms with van der Waals surface area (Å²) in [6.07, 6.45) is 0. The van der Waals surface area contributed by atoms with Gasteiger partial charge in [-0.1, -0.05) is 23.2 Å². The molecule has 150 valence electrons. The predicted molar refractivity (Wildman–Crippen MR) is 115 cm³/mol. The van der Waals surface area contributed by atoms with Gasteiger partial charge >= 0.3 is 0 Å². The second-order valence-corrected chi connectivity index (χ2v) is 7.38. The van der Waals surface area contributed by atoms with E-state index >= 15 is 0 Å². The Kier molecular flexibility index (Phi) is 5.15. The fourth-order valence-corrected chi connectivity index (χ4v) is 3.48. The zero-order chi connectivity index (χ0) is 21.4. The lowest BCUT2D eigenvalue weighted by atomic mass is 10.1. The summed E-state index contributed by atoms with van der Waals surface area (Å²) in [4.78, 5) is 27.4. The average molecular weight is 442 g/mol. The largest absolute Gasteiger partial charge is 0.436 e. The second-order valence-electron chi connectivity index (χ2n) is 6.54. The molecule has 0 aliphatic rings. The molecule has 0 fully saturated rings. The zero-order valence-electron chi connectivity index (χ0n) is 15.5. The van der Waals surface area contributed by atoms with Gasteiger partial charge in [0.05, 0.1) is 15.5 Å². The first-order valence-corrected chi connectivity index (χ1v) is 9.50. The first-order chi connectivity index (χ1) is 14.3. The molecule has 4 rings (SSSR count). The van der Waals surface area contributed by atoms with Crippen molar-refractivity contribution >= 4 is 51.6 Å². The molecule has 4 aromatic rings. The number of benzene rings is 3. The molecule has 0 spiro atoms. The molecule has 0 atom stereocenters. The molecule has 30 heavy (non-hydrogen) atoms. The number of rotatable bonds is 4. The molecule has 7 nitrogen and oxygen atoms in total. The number of oxazole rings is 1. The fraction of sp³-hybridized carbons (Fsp3) is 0.0476. The minimum absolute atomic E-state index is 0.0380. The monoisotopic (exact) mass is 441 g/mol. The van der Waals surface area contributed by atoms with Crippen LogP contribution in [0.5, 0.6) is 0 Å². The minimum atomic E-state index is -0.486. The maximum absolute atomic E-state index is 12.5. The Morgan fingerprint density at radius 1 is 1.10 bits per heavy atom. The lowest BCUT2D eigenvalue weighted by molar-refractivity contribution is -0.385. The van der Waals surface area contributed by atoms with Crippen LogP contribution >= 0.6 is 23.2 Å². The maximum Gasteiger partial charge on any atom is 0.272 e. The van der Waals surface area contributed by atoms with E-state index in [0.29, 0.717) is 49.4 Å². The number of nitrogens with one attached hydrogen (secondary N) is 1. The van der Waals surface area contributed by atoms with Crippen LogP contribution < -0.4 is 5.32 Å². The summed E-state index contributed by atoms with van der Waals surface area (Å²) in [6.45, 7) is 1.58. The first kappa shape index (κ1) is 19.9. The molecule has 0 aliphatic heterocycles. The van der Waals surface area contributed by atoms with Gasteiger partial charge in [0.1, 0.15) is 5.52 Å². The second kappa shape index (κ2) is 7.78. The van der Waals surface area contributed by atoms with Crippen molar-refractivity contribution in [2.24, 2.45) is 0 Å². The van der Waals surface area contributed by atoms with E-state index in [2.05, 4.69) is 10.3 Å². The number of hydrogen-bond acceptors (Lipinski definition) is 5. The number of halogens is 2. The molecule has 0 unspecified atom stereocenters. The molecule has 0 saturated carbocycles. The van der Waals surface area contributed by atoms with Crippen LogP contribution in [0, 0.1) is 17.0 Å². The molecule has 0 radical (unpaired) electrons. The Morgan fingerprint density at radius 2 is 1.90 bits per heavy atom. The van der Waals surface area contributed by atoms with Crippen LogP contribution in [0.4, 0.5) is 11.4 Å². The number of aromatic nitrogens is 1. The van der Waals surface area contributed by atoms with Gasteiger partial charge in [-0.15, -0.1) is 0 Å². The van der Waals surface area contributed by atoms with Crippen LogP contribution in [0.1, 0.15) is 15.9 Å². The molecule has 0 aliphatic carbocycles. The minimum Gasteiger partial charge on any atom is -0.436 e. The highest BCUT2D eigenvalue weighted by atomic mass is 35.5. The van der Waals surface area contributed by atoms with Crippen molar-refractivity contribution in [3.63, 3.8) is 0 Å². The number of carbonyl (C=O) groups excluding carboxylic acids is 1. The highest BCUT2D eigenvalue weighted by Gasteiger charge is 2.16. The number of amides is 1. The Labute approximate surface area is 180 Å². The van der Waals surface area contributed by atoms with Crippen molar-refractivity contribution in [1.29, 1.82) is 0 Å². The third kappa shape index (κ3) is 3.85. The molecule has 9 heteroatoms. The zero-order valence-corrected chi connectivity index (χ0v) is 17.0. The number of nitrogens with zero attached hydrogens (tertiary/aromatic N) is 2. The van der Waals surface area contributed by atoms with Crippen LogP contribution in [0.15, 0.2) is 59.0 Å². The number of carbonyl (C=O) groups is 1. The van der Waals surface area contributed by atoms with Gasteiger partial charge < -0.3 is 9.73 Å². The molecule has 1 aromatic heterocycles. The van der Waals surface area contributed by atoms with E-state index in [-0.39, 0.29) is 5.69 Å². The van der Waals surface area contributed by atoms with E-state index in [1.54, 1.807) is 43.3 Å². The van der Waals surface area contributed by atoms with E-state index in [9.17, 15) is 14.9 Å². The topological polar surface area (TPSA) is 98.3 Å². The van der Waals surface area contributed by atoms with Crippen molar-refractivity contribution in [3.05, 3.63) is 85.9 Å². The van der Waals surface area contributed by atoms with Gasteiger partial charge in [-0.2, -0.15) is 0 Å². The summed E-state index contributed by atoms with van der Waals surface area (Å²) < 4.78 is 5.76. The van der Waals surface area contributed by atoms with Crippen LogP contribution in [0.2, 0.25) is 10.0 Å². The molecular weight excluding hydrogens is 429 g/mol. The van der Waals surface area contributed by atoms with Crippen LogP contribution in [-0.2, 0) is 0 Å². The Hall–Kier alpha value is -3.42. The number of hydrogen-bond donors (Lipinski definition) is 1. The summed E-state index contributed by atoms with van der Waals surface area (Å²) in [5, 5.41) is 14.6. The molecule has 1 heterocycles. The van der Waals surface area contributed by atoms with Crippen molar-refractivity contribution in [2.45, 2.75) is 6.92 Å². The lowest BCUT2D eigenvalue weighted by Crippen LogP contribution is -2.12. The van der Waals surface area contributed by atoms with E-state index in [1.165, 1.54) is 18.2 Å². The van der Waals surface area contributed by atoms with Gasteiger partial charge in [0.2, 0.25) is 5.89 Å². The summed E-state index contributed by atoms with van der Waals surface area (Å²) >= 11 is 12.1. The number of nitro benzene ring substituents is 1. The molecule has 0 saturated heterocycles. The summed E-state index contributed by atoms with van der Waals surface area (Å²) in [7, 11) is 0. The van der Waals surface area contributed by atoms with Crippen molar-refractivity contribution < 1.29 is 14.1 Å². The lowest BCUT2D eigenvalue weighted by Gasteiger charge is -2.06.